The zero-order valence-corrected chi connectivity index (χ0v) is 9.82. The minimum atomic E-state index is -3.74. The highest BCUT2D eigenvalue weighted by molar-refractivity contribution is 9.10. The van der Waals surface area contributed by atoms with Crippen LogP contribution in [0.4, 0.5) is 0 Å². The maximum atomic E-state index is 11.2. The summed E-state index contributed by atoms with van der Waals surface area (Å²) < 4.78 is 23.0. The van der Waals surface area contributed by atoms with Gasteiger partial charge in [0.1, 0.15) is 5.65 Å². The van der Waals surface area contributed by atoms with Crippen LogP contribution in [0.1, 0.15) is 0 Å². The van der Waals surface area contributed by atoms with Crippen molar-refractivity contribution in [3.63, 3.8) is 0 Å². The van der Waals surface area contributed by atoms with Crippen molar-refractivity contribution in [1.29, 1.82) is 0 Å². The summed E-state index contributed by atoms with van der Waals surface area (Å²) in [6, 6.07) is 1.36. The van der Waals surface area contributed by atoms with Gasteiger partial charge in [0.15, 0.2) is 0 Å². The van der Waals surface area contributed by atoms with Crippen LogP contribution in [0.3, 0.4) is 0 Å². The highest BCUT2D eigenvalue weighted by atomic mass is 79.9. The Hall–Kier alpha value is -0.590. The van der Waals surface area contributed by atoms with E-state index in [4.69, 9.17) is 10.7 Å². The fourth-order valence-corrected chi connectivity index (χ4v) is 2.90. The predicted molar refractivity (Wildman–Crippen MR) is 56.8 cm³/mol. The Balaban J connectivity index is 2.96. The molecule has 0 fully saturated rings. The maximum absolute atomic E-state index is 11.2. The molecule has 0 aromatic carbocycles. The summed E-state index contributed by atoms with van der Waals surface area (Å²) in [6.07, 6.45) is 3.00. The number of aromatic nitrogens is 2. The van der Waals surface area contributed by atoms with E-state index >= 15 is 0 Å². The number of nitrogens with zero attached hydrogens (tertiary/aromatic N) is 1. The van der Waals surface area contributed by atoms with Crippen LogP contribution in [0, 0.1) is 0 Å². The molecule has 7 heteroatoms. The Labute approximate surface area is 92.8 Å². The topological polar surface area (TPSA) is 62.8 Å². The first-order chi connectivity index (χ1) is 6.50. The molecule has 0 aliphatic rings. The Kier molecular flexibility index (Phi) is 2.29. The van der Waals surface area contributed by atoms with Crippen LogP contribution >= 0.6 is 26.6 Å². The number of fused-ring (bicyclic) bond motifs is 1. The molecule has 14 heavy (non-hydrogen) atoms. The second kappa shape index (κ2) is 3.22. The SMILES string of the molecule is O=S(=O)(Cl)c1ccnc2[nH]cc(Br)c12. The van der Waals surface area contributed by atoms with Gasteiger partial charge in [-0.25, -0.2) is 13.4 Å². The van der Waals surface area contributed by atoms with Crippen molar-refractivity contribution in [2.45, 2.75) is 4.90 Å². The average Bonchev–Trinajstić information content (AvgIpc) is 2.46. The predicted octanol–water partition coefficient (Wildman–Crippen LogP) is 2.25. The van der Waals surface area contributed by atoms with Gasteiger partial charge in [0, 0.05) is 27.5 Å². The molecule has 2 aromatic heterocycles. The molecule has 0 saturated carbocycles. The normalized spacial score (nSPS) is 12.1. The molecule has 0 aliphatic heterocycles. The Morgan fingerprint density at radius 1 is 1.50 bits per heavy atom. The van der Waals surface area contributed by atoms with Gasteiger partial charge < -0.3 is 4.98 Å². The first-order valence-corrected chi connectivity index (χ1v) is 6.66. The quantitative estimate of drug-likeness (QED) is 0.821. The molecule has 0 radical (unpaired) electrons. The third-order valence-corrected chi connectivity index (χ3v) is 3.74. The minimum Gasteiger partial charge on any atom is -0.345 e. The van der Waals surface area contributed by atoms with Crippen molar-refractivity contribution in [2.75, 3.05) is 0 Å². The van der Waals surface area contributed by atoms with Crippen LogP contribution in [-0.2, 0) is 9.05 Å². The fourth-order valence-electron chi connectivity index (χ4n) is 1.19. The van der Waals surface area contributed by atoms with Gasteiger partial charge in [-0.1, -0.05) is 0 Å². The number of rotatable bonds is 1. The number of aromatic amines is 1. The van der Waals surface area contributed by atoms with E-state index in [-0.39, 0.29) is 4.90 Å². The van der Waals surface area contributed by atoms with Crippen molar-refractivity contribution in [1.82, 2.24) is 9.97 Å². The van der Waals surface area contributed by atoms with Crippen molar-refractivity contribution < 1.29 is 8.42 Å². The molecule has 0 unspecified atom stereocenters. The molecule has 1 N–H and O–H groups in total. The standard InChI is InChI=1S/C7H4BrClN2O2S/c8-4-3-11-7-6(4)5(1-2-10-7)14(9,12)13/h1-3H,(H,10,11). The number of halogens is 2. The van der Waals surface area contributed by atoms with Crippen molar-refractivity contribution in [3.05, 3.63) is 22.9 Å². The van der Waals surface area contributed by atoms with Gasteiger partial charge in [-0.05, 0) is 22.0 Å². The Bertz CT molecular complexity index is 593. The lowest BCUT2D eigenvalue weighted by molar-refractivity contribution is 0.610. The van der Waals surface area contributed by atoms with Crippen molar-refractivity contribution in [2.24, 2.45) is 0 Å². The van der Waals surface area contributed by atoms with Gasteiger partial charge in [-0.2, -0.15) is 0 Å². The summed E-state index contributed by atoms with van der Waals surface area (Å²) in [7, 11) is 1.54. The molecule has 2 rings (SSSR count). The number of hydrogen-bond acceptors (Lipinski definition) is 3. The highest BCUT2D eigenvalue weighted by Gasteiger charge is 2.17. The van der Waals surface area contributed by atoms with E-state index in [9.17, 15) is 8.42 Å². The summed E-state index contributed by atoms with van der Waals surface area (Å²) in [6.45, 7) is 0. The molecule has 4 nitrogen and oxygen atoms in total. The van der Waals surface area contributed by atoms with Crippen molar-refractivity contribution in [3.8, 4) is 0 Å². The summed E-state index contributed by atoms with van der Waals surface area (Å²) in [5, 5.41) is 0.475. The lowest BCUT2D eigenvalue weighted by Crippen LogP contribution is -1.92. The third-order valence-electron chi connectivity index (χ3n) is 1.75. The van der Waals surface area contributed by atoms with E-state index in [0.717, 1.165) is 0 Å². The molecule has 0 amide bonds. The van der Waals surface area contributed by atoms with E-state index in [1.165, 1.54) is 12.3 Å². The van der Waals surface area contributed by atoms with Crippen LogP contribution in [0.25, 0.3) is 11.0 Å². The highest BCUT2D eigenvalue weighted by Crippen LogP contribution is 2.30. The molecule has 0 spiro atoms. The zero-order valence-electron chi connectivity index (χ0n) is 6.66. The Morgan fingerprint density at radius 2 is 2.21 bits per heavy atom. The van der Waals surface area contributed by atoms with Gasteiger partial charge in [-0.3, -0.25) is 0 Å². The minimum absolute atomic E-state index is 0.0530. The first-order valence-electron chi connectivity index (χ1n) is 3.56. The molecule has 2 heterocycles. The number of pyridine rings is 1. The monoisotopic (exact) mass is 294 g/mol. The van der Waals surface area contributed by atoms with Gasteiger partial charge in [-0.15, -0.1) is 0 Å². The first kappa shape index (κ1) is 9.95. The van der Waals surface area contributed by atoms with E-state index in [0.29, 0.717) is 15.5 Å². The van der Waals surface area contributed by atoms with Gasteiger partial charge in [0.2, 0.25) is 0 Å². The maximum Gasteiger partial charge on any atom is 0.262 e. The fraction of sp³-hybridized carbons (Fsp3) is 0. The van der Waals surface area contributed by atoms with Gasteiger partial charge in [0.05, 0.1) is 10.3 Å². The lowest BCUT2D eigenvalue weighted by atomic mass is 10.3. The van der Waals surface area contributed by atoms with Crippen LogP contribution in [-0.4, -0.2) is 18.4 Å². The summed E-state index contributed by atoms with van der Waals surface area (Å²) in [5.74, 6) is 0. The van der Waals surface area contributed by atoms with Crippen LogP contribution in [0.15, 0.2) is 27.8 Å². The average molecular weight is 296 g/mol. The molecule has 0 atom stereocenters. The third kappa shape index (κ3) is 1.53. The molecule has 0 saturated heterocycles. The number of hydrogen-bond donors (Lipinski definition) is 1. The number of nitrogens with one attached hydrogen (secondary N) is 1. The van der Waals surface area contributed by atoms with E-state index in [1.807, 2.05) is 0 Å². The summed E-state index contributed by atoms with van der Waals surface area (Å²) >= 11 is 3.22. The summed E-state index contributed by atoms with van der Waals surface area (Å²) in [5.41, 5.74) is 0.485. The van der Waals surface area contributed by atoms with Crippen LogP contribution < -0.4 is 0 Å². The molecule has 74 valence electrons. The zero-order chi connectivity index (χ0) is 10.3. The van der Waals surface area contributed by atoms with Crippen LogP contribution in [0.2, 0.25) is 0 Å². The van der Waals surface area contributed by atoms with E-state index in [2.05, 4.69) is 25.9 Å². The molecule has 2 aromatic rings. The summed E-state index contributed by atoms with van der Waals surface area (Å²) in [4.78, 5) is 6.84. The Morgan fingerprint density at radius 3 is 2.86 bits per heavy atom. The van der Waals surface area contributed by atoms with Gasteiger partial charge in [0.25, 0.3) is 9.05 Å². The lowest BCUT2D eigenvalue weighted by Gasteiger charge is -1.97. The number of H-pyrrole nitrogens is 1. The second-order valence-electron chi connectivity index (χ2n) is 2.61. The van der Waals surface area contributed by atoms with Gasteiger partial charge >= 0.3 is 0 Å². The smallest absolute Gasteiger partial charge is 0.262 e. The second-order valence-corrected chi connectivity index (χ2v) is 6.00. The van der Waals surface area contributed by atoms with Crippen LogP contribution in [0.5, 0.6) is 0 Å². The molecule has 0 bridgehead atoms. The largest absolute Gasteiger partial charge is 0.345 e. The van der Waals surface area contributed by atoms with E-state index < -0.39 is 9.05 Å². The van der Waals surface area contributed by atoms with E-state index in [1.54, 1.807) is 6.20 Å². The van der Waals surface area contributed by atoms with Crippen molar-refractivity contribution >= 4 is 46.7 Å². The molecular weight excluding hydrogens is 292 g/mol. The molecular formula is C7H4BrClN2O2S. The molecule has 0 aliphatic carbocycles.